The SMILES string of the molecule is CCCCCCCCCC/C=C\CCCCCCCCCCCCCCCCCCCCCCCCCCCC(=O)NC(CO)C(O)CCCCCCCCCCCCCCCCCCCCCCCCCCCCCC. The standard InChI is InChI=1S/C73H145NO3/c1-3-5-7-9-11-13-15-17-19-21-23-25-27-29-31-33-34-35-36-37-38-39-40-41-43-45-47-49-51-53-55-57-59-61-63-65-67-69-73(77)74-71(70-75)72(76)68-66-64-62-60-58-56-54-52-50-48-46-44-42-32-30-28-26-24-22-20-18-16-14-12-10-8-6-4-2/h21,23,71-72,75-76H,3-20,22,24-70H2,1-2H3,(H,74,77)/b23-21-. The normalized spacial score (nSPS) is 12.6. The summed E-state index contributed by atoms with van der Waals surface area (Å²) in [6.45, 7) is 4.41. The molecule has 4 nitrogen and oxygen atoms in total. The Morgan fingerprint density at radius 1 is 0.299 bits per heavy atom. The summed E-state index contributed by atoms with van der Waals surface area (Å²) >= 11 is 0. The average molecular weight is 1080 g/mol. The van der Waals surface area contributed by atoms with E-state index in [-0.39, 0.29) is 12.5 Å². The molecular weight excluding hydrogens is 939 g/mol. The number of carbonyl (C=O) groups excluding carboxylic acids is 1. The van der Waals surface area contributed by atoms with Gasteiger partial charge in [-0.25, -0.2) is 0 Å². The van der Waals surface area contributed by atoms with E-state index in [1.54, 1.807) is 0 Å². The maximum absolute atomic E-state index is 12.6. The van der Waals surface area contributed by atoms with Crippen molar-refractivity contribution in [3.8, 4) is 0 Å². The first-order valence-corrected chi connectivity index (χ1v) is 36.4. The molecule has 0 heterocycles. The fraction of sp³-hybridized carbons (Fsp3) is 0.959. The van der Waals surface area contributed by atoms with Gasteiger partial charge in [0.25, 0.3) is 0 Å². The predicted molar refractivity (Wildman–Crippen MR) is 346 cm³/mol. The van der Waals surface area contributed by atoms with Crippen molar-refractivity contribution in [1.82, 2.24) is 5.32 Å². The maximum atomic E-state index is 12.6. The van der Waals surface area contributed by atoms with Gasteiger partial charge >= 0.3 is 0 Å². The summed E-state index contributed by atoms with van der Waals surface area (Å²) in [5.41, 5.74) is 0. The van der Waals surface area contributed by atoms with Crippen LogP contribution in [0.15, 0.2) is 12.2 Å². The molecule has 1 amide bonds. The second kappa shape index (κ2) is 69.4. The number of hydrogen-bond acceptors (Lipinski definition) is 3. The third-order valence-corrected chi connectivity index (χ3v) is 17.5. The number of unbranched alkanes of at least 4 members (excludes halogenated alkanes) is 60. The molecule has 0 radical (unpaired) electrons. The minimum atomic E-state index is -0.658. The Hall–Kier alpha value is -0.870. The number of aliphatic hydroxyl groups excluding tert-OH is 2. The molecule has 0 aliphatic carbocycles. The van der Waals surface area contributed by atoms with Gasteiger partial charge in [0.15, 0.2) is 0 Å². The van der Waals surface area contributed by atoms with Gasteiger partial charge in [0.1, 0.15) is 0 Å². The van der Waals surface area contributed by atoms with Crippen molar-refractivity contribution in [2.45, 2.75) is 443 Å². The number of rotatable bonds is 69. The van der Waals surface area contributed by atoms with Crippen LogP contribution in [0.3, 0.4) is 0 Å². The Balaban J connectivity index is 3.35. The van der Waals surface area contributed by atoms with Crippen LogP contribution in [0.4, 0.5) is 0 Å². The van der Waals surface area contributed by atoms with E-state index in [4.69, 9.17) is 0 Å². The van der Waals surface area contributed by atoms with Crippen LogP contribution < -0.4 is 5.32 Å². The summed E-state index contributed by atoms with van der Waals surface area (Å²) in [5.74, 6) is -0.0198. The molecule has 77 heavy (non-hydrogen) atoms. The molecule has 0 aromatic heterocycles. The average Bonchev–Trinajstić information content (AvgIpc) is 3.43. The van der Waals surface area contributed by atoms with Gasteiger partial charge < -0.3 is 15.5 Å². The molecule has 0 rings (SSSR count). The smallest absolute Gasteiger partial charge is 0.220 e. The zero-order valence-electron chi connectivity index (χ0n) is 53.3. The lowest BCUT2D eigenvalue weighted by Crippen LogP contribution is -2.45. The highest BCUT2D eigenvalue weighted by atomic mass is 16.3. The van der Waals surface area contributed by atoms with Gasteiger partial charge in [0.05, 0.1) is 18.8 Å². The van der Waals surface area contributed by atoms with E-state index >= 15 is 0 Å². The minimum Gasteiger partial charge on any atom is -0.394 e. The third kappa shape index (κ3) is 65.8. The van der Waals surface area contributed by atoms with Crippen molar-refractivity contribution in [1.29, 1.82) is 0 Å². The van der Waals surface area contributed by atoms with Gasteiger partial charge in [-0.05, 0) is 38.5 Å². The first kappa shape index (κ1) is 76.1. The van der Waals surface area contributed by atoms with E-state index in [1.807, 2.05) is 0 Å². The quantitative estimate of drug-likeness (QED) is 0.0420. The lowest BCUT2D eigenvalue weighted by molar-refractivity contribution is -0.123. The van der Waals surface area contributed by atoms with Gasteiger partial charge in [-0.2, -0.15) is 0 Å². The molecule has 0 aliphatic heterocycles. The Morgan fingerprint density at radius 3 is 0.714 bits per heavy atom. The van der Waals surface area contributed by atoms with E-state index in [0.29, 0.717) is 12.8 Å². The van der Waals surface area contributed by atoms with Gasteiger partial charge in [-0.3, -0.25) is 4.79 Å². The van der Waals surface area contributed by atoms with Gasteiger partial charge in [0.2, 0.25) is 5.91 Å². The fourth-order valence-corrected chi connectivity index (χ4v) is 12.0. The van der Waals surface area contributed by atoms with Crippen LogP contribution in [0.5, 0.6) is 0 Å². The molecule has 3 N–H and O–H groups in total. The summed E-state index contributed by atoms with van der Waals surface area (Å²) in [5, 5.41) is 23.5. The predicted octanol–water partition coefficient (Wildman–Crippen LogP) is 24.8. The fourth-order valence-electron chi connectivity index (χ4n) is 12.0. The van der Waals surface area contributed by atoms with Crippen LogP contribution in [0.1, 0.15) is 431 Å². The van der Waals surface area contributed by atoms with E-state index in [2.05, 4.69) is 31.3 Å². The molecule has 0 saturated heterocycles. The lowest BCUT2D eigenvalue weighted by atomic mass is 10.0. The van der Waals surface area contributed by atoms with Crippen molar-refractivity contribution in [2.24, 2.45) is 0 Å². The highest BCUT2D eigenvalue weighted by molar-refractivity contribution is 5.76. The van der Waals surface area contributed by atoms with Crippen LogP contribution >= 0.6 is 0 Å². The van der Waals surface area contributed by atoms with Crippen molar-refractivity contribution in [3.05, 3.63) is 12.2 Å². The molecule has 0 saturated carbocycles. The van der Waals surface area contributed by atoms with Gasteiger partial charge in [-0.15, -0.1) is 0 Å². The highest BCUT2D eigenvalue weighted by Gasteiger charge is 2.20. The summed E-state index contributed by atoms with van der Waals surface area (Å²) in [7, 11) is 0. The summed E-state index contributed by atoms with van der Waals surface area (Å²) in [6.07, 6.45) is 92.9. The highest BCUT2D eigenvalue weighted by Crippen LogP contribution is 2.20. The number of carbonyl (C=O) groups is 1. The van der Waals surface area contributed by atoms with Gasteiger partial charge in [0, 0.05) is 6.42 Å². The monoisotopic (exact) mass is 1080 g/mol. The second-order valence-electron chi connectivity index (χ2n) is 25.4. The van der Waals surface area contributed by atoms with Crippen molar-refractivity contribution in [2.75, 3.05) is 6.61 Å². The molecule has 0 aromatic carbocycles. The molecule has 460 valence electrons. The Kier molecular flexibility index (Phi) is 68.6. The van der Waals surface area contributed by atoms with E-state index in [0.717, 1.165) is 25.7 Å². The summed E-state index contributed by atoms with van der Waals surface area (Å²) in [6, 6.07) is -0.534. The molecule has 4 heteroatoms. The van der Waals surface area contributed by atoms with Gasteiger partial charge in [-0.1, -0.05) is 398 Å². The Labute approximate surface area is 486 Å². The van der Waals surface area contributed by atoms with Crippen LogP contribution in [0.2, 0.25) is 0 Å². The first-order chi connectivity index (χ1) is 38.2. The zero-order valence-corrected chi connectivity index (χ0v) is 53.3. The molecule has 0 aromatic rings. The topological polar surface area (TPSA) is 69.6 Å². The third-order valence-electron chi connectivity index (χ3n) is 17.5. The second-order valence-corrected chi connectivity index (χ2v) is 25.4. The molecule has 0 spiro atoms. The van der Waals surface area contributed by atoms with Crippen molar-refractivity contribution < 1.29 is 15.0 Å². The Morgan fingerprint density at radius 2 is 0.494 bits per heavy atom. The number of allylic oxidation sites excluding steroid dienone is 2. The summed E-state index contributed by atoms with van der Waals surface area (Å²) < 4.78 is 0. The number of amides is 1. The summed E-state index contributed by atoms with van der Waals surface area (Å²) in [4.78, 5) is 12.6. The molecule has 2 unspecified atom stereocenters. The molecular formula is C73H145NO3. The maximum Gasteiger partial charge on any atom is 0.220 e. The number of nitrogens with one attached hydrogen (secondary N) is 1. The first-order valence-electron chi connectivity index (χ1n) is 36.4. The Bertz CT molecular complexity index is 1090. The molecule has 0 aliphatic rings. The number of aliphatic hydroxyl groups is 2. The van der Waals surface area contributed by atoms with E-state index in [1.165, 1.54) is 379 Å². The molecule has 0 bridgehead atoms. The van der Waals surface area contributed by atoms with Crippen LogP contribution in [-0.4, -0.2) is 34.9 Å². The van der Waals surface area contributed by atoms with Crippen LogP contribution in [-0.2, 0) is 4.79 Å². The number of hydrogen-bond donors (Lipinski definition) is 3. The minimum absolute atomic E-state index is 0.0198. The zero-order chi connectivity index (χ0) is 55.5. The lowest BCUT2D eigenvalue weighted by Gasteiger charge is -2.22. The molecule has 2 atom stereocenters. The largest absolute Gasteiger partial charge is 0.394 e. The molecule has 0 fully saturated rings. The van der Waals surface area contributed by atoms with Crippen LogP contribution in [0, 0.1) is 0 Å². The van der Waals surface area contributed by atoms with E-state index < -0.39 is 12.1 Å². The van der Waals surface area contributed by atoms with E-state index in [9.17, 15) is 15.0 Å². The van der Waals surface area contributed by atoms with Crippen LogP contribution in [0.25, 0.3) is 0 Å². The van der Waals surface area contributed by atoms with Crippen molar-refractivity contribution in [3.63, 3.8) is 0 Å². The van der Waals surface area contributed by atoms with Crippen molar-refractivity contribution >= 4 is 5.91 Å².